The van der Waals surface area contributed by atoms with Crippen molar-refractivity contribution in [3.05, 3.63) is 46.8 Å². The van der Waals surface area contributed by atoms with Gasteiger partial charge >= 0.3 is 5.69 Å². The van der Waals surface area contributed by atoms with E-state index in [1.165, 1.54) is 0 Å². The van der Waals surface area contributed by atoms with Crippen LogP contribution in [0.2, 0.25) is 0 Å². The molecule has 0 aliphatic rings. The zero-order valence-electron chi connectivity index (χ0n) is 8.70. The van der Waals surface area contributed by atoms with Gasteiger partial charge in [-0.3, -0.25) is 10.1 Å². The quantitative estimate of drug-likeness (QED) is 0.473. The normalized spacial score (nSPS) is 9.88. The third kappa shape index (κ3) is 2.65. The smallest absolute Gasteiger partial charge is 0.305 e. The largest absolute Gasteiger partial charge is 0.399 e. The van der Waals surface area contributed by atoms with Crippen molar-refractivity contribution in [3.8, 4) is 0 Å². The summed E-state index contributed by atoms with van der Waals surface area (Å²) in [4.78, 5) is 17.5. The molecule has 86 valence electrons. The van der Waals surface area contributed by atoms with Gasteiger partial charge in [-0.1, -0.05) is 6.07 Å². The van der Waals surface area contributed by atoms with Crippen LogP contribution in [-0.4, -0.2) is 14.9 Å². The zero-order valence-corrected chi connectivity index (χ0v) is 8.70. The van der Waals surface area contributed by atoms with E-state index in [0.717, 1.165) is 18.1 Å². The Balaban J connectivity index is 2.16. The van der Waals surface area contributed by atoms with Crippen molar-refractivity contribution < 1.29 is 4.92 Å². The van der Waals surface area contributed by atoms with Gasteiger partial charge in [-0.2, -0.15) is 0 Å². The Hall–Kier alpha value is -2.70. The van der Waals surface area contributed by atoms with Gasteiger partial charge in [0.15, 0.2) is 0 Å². The van der Waals surface area contributed by atoms with Crippen LogP contribution >= 0.6 is 0 Å². The molecule has 17 heavy (non-hydrogen) atoms. The van der Waals surface area contributed by atoms with Crippen LogP contribution in [0.15, 0.2) is 36.7 Å². The Morgan fingerprint density at radius 3 is 2.59 bits per heavy atom. The number of hydrogen-bond acceptors (Lipinski definition) is 6. The number of nitrogen functional groups attached to an aromatic ring is 1. The zero-order chi connectivity index (χ0) is 12.3. The Bertz CT molecular complexity index is 541. The van der Waals surface area contributed by atoms with Crippen molar-refractivity contribution >= 4 is 23.0 Å². The fourth-order valence-corrected chi connectivity index (χ4v) is 1.23. The molecular formula is C10H9N5O2. The number of benzene rings is 1. The van der Waals surface area contributed by atoms with Gasteiger partial charge in [-0.25, -0.2) is 9.97 Å². The van der Waals surface area contributed by atoms with Gasteiger partial charge in [-0.15, -0.1) is 0 Å². The molecule has 0 amide bonds. The molecule has 0 saturated heterocycles. The number of hydrogen-bond donors (Lipinski definition) is 2. The molecule has 1 aromatic carbocycles. The van der Waals surface area contributed by atoms with Crippen molar-refractivity contribution in [2.45, 2.75) is 0 Å². The van der Waals surface area contributed by atoms with Crippen LogP contribution in [0.5, 0.6) is 0 Å². The third-order valence-corrected chi connectivity index (χ3v) is 1.99. The molecule has 7 nitrogen and oxygen atoms in total. The summed E-state index contributed by atoms with van der Waals surface area (Å²) >= 11 is 0. The minimum atomic E-state index is -0.551. The molecule has 7 heteroatoms. The van der Waals surface area contributed by atoms with Crippen molar-refractivity contribution in [3.63, 3.8) is 0 Å². The molecule has 0 saturated carbocycles. The van der Waals surface area contributed by atoms with Crippen molar-refractivity contribution in [2.75, 3.05) is 11.1 Å². The lowest BCUT2D eigenvalue weighted by Crippen LogP contribution is -1.98. The lowest BCUT2D eigenvalue weighted by atomic mass is 10.3. The van der Waals surface area contributed by atoms with E-state index < -0.39 is 4.92 Å². The average Bonchev–Trinajstić information content (AvgIpc) is 2.29. The number of rotatable bonds is 3. The summed E-state index contributed by atoms with van der Waals surface area (Å²) in [5.74, 6) is 0.279. The number of nitrogens with two attached hydrogens (primary N) is 1. The van der Waals surface area contributed by atoms with E-state index in [-0.39, 0.29) is 11.6 Å². The van der Waals surface area contributed by atoms with Gasteiger partial charge < -0.3 is 11.1 Å². The average molecular weight is 231 g/mol. The standard InChI is InChI=1S/C10H9N5O2/c11-7-2-1-3-8(4-7)14-10-12-5-9(6-13-10)15(16)17/h1-6H,11H2,(H,12,13,14). The van der Waals surface area contributed by atoms with E-state index in [4.69, 9.17) is 5.73 Å². The lowest BCUT2D eigenvalue weighted by Gasteiger charge is -2.04. The predicted octanol–water partition coefficient (Wildman–Crippen LogP) is 1.71. The molecule has 0 aliphatic heterocycles. The first-order valence-corrected chi connectivity index (χ1v) is 4.74. The van der Waals surface area contributed by atoms with Gasteiger partial charge in [-0.05, 0) is 18.2 Å². The fraction of sp³-hybridized carbons (Fsp3) is 0. The first kappa shape index (κ1) is 10.8. The second-order valence-electron chi connectivity index (χ2n) is 3.27. The highest BCUT2D eigenvalue weighted by molar-refractivity contribution is 5.59. The first-order chi connectivity index (χ1) is 8.15. The maximum atomic E-state index is 10.4. The number of anilines is 3. The molecular weight excluding hydrogens is 222 g/mol. The highest BCUT2D eigenvalue weighted by atomic mass is 16.6. The Morgan fingerprint density at radius 1 is 1.29 bits per heavy atom. The Morgan fingerprint density at radius 2 is 2.00 bits per heavy atom. The van der Waals surface area contributed by atoms with Crippen LogP contribution in [-0.2, 0) is 0 Å². The number of nitrogens with zero attached hydrogens (tertiary/aromatic N) is 3. The van der Waals surface area contributed by atoms with Crippen molar-refractivity contribution in [1.29, 1.82) is 0 Å². The highest BCUT2D eigenvalue weighted by Crippen LogP contribution is 2.16. The van der Waals surface area contributed by atoms with Gasteiger partial charge in [0, 0.05) is 11.4 Å². The predicted molar refractivity (Wildman–Crippen MR) is 62.8 cm³/mol. The molecule has 0 fully saturated rings. The van der Waals surface area contributed by atoms with Gasteiger partial charge in [0.25, 0.3) is 0 Å². The Kier molecular flexibility index (Phi) is 2.82. The van der Waals surface area contributed by atoms with E-state index >= 15 is 0 Å². The molecule has 0 unspecified atom stereocenters. The summed E-state index contributed by atoms with van der Waals surface area (Å²) in [7, 11) is 0. The fourth-order valence-electron chi connectivity index (χ4n) is 1.23. The molecule has 0 bridgehead atoms. The summed E-state index contributed by atoms with van der Waals surface area (Å²) < 4.78 is 0. The van der Waals surface area contributed by atoms with E-state index in [0.29, 0.717) is 5.69 Å². The number of aromatic nitrogens is 2. The van der Waals surface area contributed by atoms with Gasteiger partial charge in [0.2, 0.25) is 5.95 Å². The van der Waals surface area contributed by atoms with Crippen molar-refractivity contribution in [1.82, 2.24) is 9.97 Å². The molecule has 3 N–H and O–H groups in total. The molecule has 0 radical (unpaired) electrons. The van der Waals surface area contributed by atoms with E-state index in [1.54, 1.807) is 24.3 Å². The first-order valence-electron chi connectivity index (χ1n) is 4.74. The van der Waals surface area contributed by atoms with Gasteiger partial charge in [0.1, 0.15) is 12.4 Å². The highest BCUT2D eigenvalue weighted by Gasteiger charge is 2.06. The SMILES string of the molecule is Nc1cccc(Nc2ncc([N+](=O)[O-])cn2)c1. The molecule has 2 rings (SSSR count). The molecule has 0 aliphatic carbocycles. The Labute approximate surface area is 96.5 Å². The summed E-state index contributed by atoms with van der Waals surface area (Å²) in [6.45, 7) is 0. The summed E-state index contributed by atoms with van der Waals surface area (Å²) in [6, 6.07) is 7.04. The number of nitrogens with one attached hydrogen (secondary N) is 1. The maximum absolute atomic E-state index is 10.4. The topological polar surface area (TPSA) is 107 Å². The van der Waals surface area contributed by atoms with E-state index in [1.807, 2.05) is 0 Å². The van der Waals surface area contributed by atoms with Crippen LogP contribution in [0.1, 0.15) is 0 Å². The van der Waals surface area contributed by atoms with Crippen LogP contribution in [0.4, 0.5) is 23.0 Å². The van der Waals surface area contributed by atoms with Crippen LogP contribution in [0.25, 0.3) is 0 Å². The second kappa shape index (κ2) is 4.44. The summed E-state index contributed by atoms with van der Waals surface area (Å²) in [5, 5.41) is 13.3. The van der Waals surface area contributed by atoms with E-state index in [2.05, 4.69) is 15.3 Å². The van der Waals surface area contributed by atoms with Gasteiger partial charge in [0.05, 0.1) is 4.92 Å². The minimum Gasteiger partial charge on any atom is -0.399 e. The maximum Gasteiger partial charge on any atom is 0.305 e. The van der Waals surface area contributed by atoms with Crippen LogP contribution in [0.3, 0.4) is 0 Å². The number of nitro groups is 1. The van der Waals surface area contributed by atoms with Crippen molar-refractivity contribution in [2.24, 2.45) is 0 Å². The van der Waals surface area contributed by atoms with E-state index in [9.17, 15) is 10.1 Å². The molecule has 2 aromatic rings. The van der Waals surface area contributed by atoms with Crippen LogP contribution in [0, 0.1) is 10.1 Å². The molecule has 1 heterocycles. The second-order valence-corrected chi connectivity index (χ2v) is 3.27. The lowest BCUT2D eigenvalue weighted by molar-refractivity contribution is -0.385. The molecule has 1 aromatic heterocycles. The third-order valence-electron chi connectivity index (χ3n) is 1.99. The summed E-state index contributed by atoms with van der Waals surface area (Å²) in [5.41, 5.74) is 6.79. The summed E-state index contributed by atoms with van der Waals surface area (Å²) in [6.07, 6.45) is 2.28. The molecule has 0 atom stereocenters. The monoisotopic (exact) mass is 231 g/mol. The van der Waals surface area contributed by atoms with Crippen LogP contribution < -0.4 is 11.1 Å². The molecule has 0 spiro atoms. The minimum absolute atomic E-state index is 0.150.